The van der Waals surface area contributed by atoms with Gasteiger partial charge in [-0.1, -0.05) is 24.3 Å². The molecule has 0 unspecified atom stereocenters. The first-order valence-corrected chi connectivity index (χ1v) is 9.79. The Labute approximate surface area is 175 Å². The lowest BCUT2D eigenvalue weighted by atomic mass is 10.1. The molecule has 2 heterocycles. The maximum atomic E-state index is 12.6. The summed E-state index contributed by atoms with van der Waals surface area (Å²) in [6, 6.07) is 12.1. The molecule has 0 amide bonds. The minimum Gasteiger partial charge on any atom is -0.451 e. The normalized spacial score (nSPS) is 11.0. The zero-order valence-corrected chi connectivity index (χ0v) is 17.8. The molecule has 0 atom stereocenters. The van der Waals surface area contributed by atoms with Crippen LogP contribution in [0.25, 0.3) is 11.3 Å². The van der Waals surface area contributed by atoms with Gasteiger partial charge in [0.25, 0.3) is 0 Å². The Bertz CT molecular complexity index is 1100. The van der Waals surface area contributed by atoms with Crippen molar-refractivity contribution in [3.8, 4) is 11.3 Å². The van der Waals surface area contributed by atoms with Gasteiger partial charge in [-0.2, -0.15) is 0 Å². The maximum absolute atomic E-state index is 12.6. The molecule has 6 nitrogen and oxygen atoms in total. The second-order valence-corrected chi connectivity index (χ2v) is 7.55. The van der Waals surface area contributed by atoms with E-state index in [4.69, 9.17) is 9.15 Å². The summed E-state index contributed by atoms with van der Waals surface area (Å²) in [4.78, 5) is 36.2. The van der Waals surface area contributed by atoms with Crippen molar-refractivity contribution in [1.29, 1.82) is 0 Å². The number of carbonyl (C=O) groups is 3. The quantitative estimate of drug-likeness (QED) is 0.398. The van der Waals surface area contributed by atoms with E-state index in [9.17, 15) is 14.4 Å². The van der Waals surface area contributed by atoms with Crippen LogP contribution in [0.5, 0.6) is 0 Å². The molecule has 3 rings (SSSR count). The number of carbonyl (C=O) groups excluding carboxylic acids is 3. The number of ketones is 2. The van der Waals surface area contributed by atoms with Crippen LogP contribution in [0.3, 0.4) is 0 Å². The molecule has 0 bridgehead atoms. The SMILES string of the molecule is CC(=O)c1ccc(-c2ccc(C(=O)OCC(=O)c3cc(C)n(C(C)C)c3C)o2)cc1. The van der Waals surface area contributed by atoms with Crippen molar-refractivity contribution in [3.05, 3.63) is 70.7 Å². The van der Waals surface area contributed by atoms with E-state index < -0.39 is 5.97 Å². The number of benzene rings is 1. The third-order valence-corrected chi connectivity index (χ3v) is 5.02. The molecule has 6 heteroatoms. The molecule has 156 valence electrons. The van der Waals surface area contributed by atoms with E-state index in [1.165, 1.54) is 13.0 Å². The van der Waals surface area contributed by atoms with Gasteiger partial charge in [0.2, 0.25) is 11.5 Å². The molecule has 0 spiro atoms. The molecule has 0 aliphatic heterocycles. The zero-order valence-electron chi connectivity index (χ0n) is 17.8. The van der Waals surface area contributed by atoms with Crippen LogP contribution in [0, 0.1) is 13.8 Å². The monoisotopic (exact) mass is 407 g/mol. The summed E-state index contributed by atoms with van der Waals surface area (Å²) in [6.07, 6.45) is 0. The lowest BCUT2D eigenvalue weighted by Crippen LogP contribution is -2.15. The van der Waals surface area contributed by atoms with Gasteiger partial charge < -0.3 is 13.7 Å². The first-order valence-electron chi connectivity index (χ1n) is 9.79. The summed E-state index contributed by atoms with van der Waals surface area (Å²) in [5.41, 5.74) is 3.73. The van der Waals surface area contributed by atoms with Gasteiger partial charge in [-0.3, -0.25) is 9.59 Å². The summed E-state index contributed by atoms with van der Waals surface area (Å²) in [7, 11) is 0. The van der Waals surface area contributed by atoms with Gasteiger partial charge in [0.1, 0.15) is 5.76 Å². The topological polar surface area (TPSA) is 78.5 Å². The van der Waals surface area contributed by atoms with E-state index in [0.717, 1.165) is 17.0 Å². The molecule has 0 radical (unpaired) electrons. The number of Topliss-reactive ketones (excluding diaryl/α,β-unsaturated/α-hetero) is 2. The molecule has 0 N–H and O–H groups in total. The highest BCUT2D eigenvalue weighted by molar-refractivity contribution is 6.00. The first-order chi connectivity index (χ1) is 14.2. The number of nitrogens with zero attached hydrogens (tertiary/aromatic N) is 1. The molecule has 0 fully saturated rings. The zero-order chi connectivity index (χ0) is 22.0. The molecule has 0 aliphatic rings. The standard InChI is InChI=1S/C24H25NO5/c1-14(2)25-15(3)12-20(16(25)4)21(27)13-29-24(28)23-11-10-22(30-23)19-8-6-18(7-9-19)17(5)26/h6-12,14H,13H2,1-5H3. The van der Waals surface area contributed by atoms with Crippen LogP contribution in [0.15, 0.2) is 46.9 Å². The van der Waals surface area contributed by atoms with Gasteiger partial charge in [-0.25, -0.2) is 4.79 Å². The Morgan fingerprint density at radius 3 is 2.27 bits per heavy atom. The van der Waals surface area contributed by atoms with Crippen LogP contribution in [0.2, 0.25) is 0 Å². The summed E-state index contributed by atoms with van der Waals surface area (Å²) in [6.45, 7) is 9.08. The van der Waals surface area contributed by atoms with Crippen molar-refractivity contribution < 1.29 is 23.5 Å². The van der Waals surface area contributed by atoms with E-state index in [-0.39, 0.29) is 30.0 Å². The van der Waals surface area contributed by atoms with E-state index in [0.29, 0.717) is 16.9 Å². The van der Waals surface area contributed by atoms with Crippen molar-refractivity contribution in [2.45, 2.75) is 40.7 Å². The molecule has 0 saturated heterocycles. The van der Waals surface area contributed by atoms with Crippen LogP contribution in [-0.4, -0.2) is 28.7 Å². The van der Waals surface area contributed by atoms with Crippen molar-refractivity contribution in [3.63, 3.8) is 0 Å². The fourth-order valence-electron chi connectivity index (χ4n) is 3.61. The highest BCUT2D eigenvalue weighted by atomic mass is 16.5. The number of rotatable bonds is 7. The largest absolute Gasteiger partial charge is 0.451 e. The average Bonchev–Trinajstić information content (AvgIpc) is 3.30. The van der Waals surface area contributed by atoms with Gasteiger partial charge in [-0.05, 0) is 52.8 Å². The molecule has 1 aromatic carbocycles. The Morgan fingerprint density at radius 1 is 1.03 bits per heavy atom. The highest BCUT2D eigenvalue weighted by Gasteiger charge is 2.20. The first kappa shape index (κ1) is 21.3. The van der Waals surface area contributed by atoms with Crippen LogP contribution >= 0.6 is 0 Å². The Hall–Kier alpha value is -3.41. The number of esters is 1. The van der Waals surface area contributed by atoms with E-state index >= 15 is 0 Å². The summed E-state index contributed by atoms with van der Waals surface area (Å²) >= 11 is 0. The Balaban J connectivity index is 1.67. The summed E-state index contributed by atoms with van der Waals surface area (Å²) in [5, 5.41) is 0. The van der Waals surface area contributed by atoms with Crippen molar-refractivity contribution in [2.24, 2.45) is 0 Å². The third kappa shape index (κ3) is 4.27. The number of hydrogen-bond donors (Lipinski definition) is 0. The molecule has 2 aromatic heterocycles. The fraction of sp³-hybridized carbons (Fsp3) is 0.292. The van der Waals surface area contributed by atoms with E-state index in [1.807, 2.05) is 19.9 Å². The van der Waals surface area contributed by atoms with Gasteiger partial charge >= 0.3 is 5.97 Å². The second kappa shape index (κ2) is 8.53. The predicted molar refractivity (Wildman–Crippen MR) is 113 cm³/mol. The number of hydrogen-bond acceptors (Lipinski definition) is 5. The summed E-state index contributed by atoms with van der Waals surface area (Å²) in [5.74, 6) is -0.489. The van der Waals surface area contributed by atoms with Gasteiger partial charge in [0, 0.05) is 34.1 Å². The smallest absolute Gasteiger partial charge is 0.374 e. The minimum atomic E-state index is -0.701. The van der Waals surface area contributed by atoms with E-state index in [2.05, 4.69) is 18.4 Å². The Kier molecular flexibility index (Phi) is 6.06. The number of furan rings is 1. The molecule has 0 saturated carbocycles. The predicted octanol–water partition coefficient (Wildman–Crippen LogP) is 5.19. The number of aromatic nitrogens is 1. The molecular weight excluding hydrogens is 382 g/mol. The van der Waals surface area contributed by atoms with Crippen LogP contribution < -0.4 is 0 Å². The van der Waals surface area contributed by atoms with Crippen LogP contribution in [0.4, 0.5) is 0 Å². The van der Waals surface area contributed by atoms with Crippen LogP contribution in [0.1, 0.15) is 69.5 Å². The highest BCUT2D eigenvalue weighted by Crippen LogP contribution is 2.24. The lowest BCUT2D eigenvalue weighted by molar-refractivity contribution is 0.0444. The van der Waals surface area contributed by atoms with Gasteiger partial charge in [0.05, 0.1) is 0 Å². The molecule has 3 aromatic rings. The number of ether oxygens (including phenoxy) is 1. The van der Waals surface area contributed by atoms with E-state index in [1.54, 1.807) is 30.3 Å². The molecule has 0 aliphatic carbocycles. The molecular formula is C24H25NO5. The Morgan fingerprint density at radius 2 is 1.70 bits per heavy atom. The van der Waals surface area contributed by atoms with Crippen molar-refractivity contribution in [2.75, 3.05) is 6.61 Å². The van der Waals surface area contributed by atoms with Gasteiger partial charge in [-0.15, -0.1) is 0 Å². The molecule has 30 heavy (non-hydrogen) atoms. The fourth-order valence-corrected chi connectivity index (χ4v) is 3.61. The second-order valence-electron chi connectivity index (χ2n) is 7.55. The maximum Gasteiger partial charge on any atom is 0.374 e. The number of aryl methyl sites for hydroxylation is 1. The lowest BCUT2D eigenvalue weighted by Gasteiger charge is -2.13. The van der Waals surface area contributed by atoms with Crippen molar-refractivity contribution >= 4 is 17.5 Å². The average molecular weight is 407 g/mol. The van der Waals surface area contributed by atoms with Crippen molar-refractivity contribution in [1.82, 2.24) is 4.57 Å². The van der Waals surface area contributed by atoms with Gasteiger partial charge in [0.15, 0.2) is 12.4 Å². The minimum absolute atomic E-state index is 0.0149. The third-order valence-electron chi connectivity index (χ3n) is 5.02. The van der Waals surface area contributed by atoms with Crippen LogP contribution in [-0.2, 0) is 4.74 Å². The summed E-state index contributed by atoms with van der Waals surface area (Å²) < 4.78 is 12.8.